The summed E-state index contributed by atoms with van der Waals surface area (Å²) in [5, 5.41) is 7.52. The maximum absolute atomic E-state index is 13.3. The average molecular weight is 501 g/mol. The van der Waals surface area contributed by atoms with Gasteiger partial charge in [0.25, 0.3) is 11.5 Å². The molecule has 1 fully saturated rings. The van der Waals surface area contributed by atoms with E-state index in [-0.39, 0.29) is 29.6 Å². The summed E-state index contributed by atoms with van der Waals surface area (Å²) in [6, 6.07) is 9.55. The Balaban J connectivity index is 1.52. The second kappa shape index (κ2) is 10.1. The number of benzene rings is 1. The number of carbonyl (C=O) groups is 1. The number of hydrogen-bond acceptors (Lipinski definition) is 5. The Morgan fingerprint density at radius 3 is 2.54 bits per heavy atom. The zero-order chi connectivity index (χ0) is 25.3. The number of ether oxygens (including phenoxy) is 2. The number of para-hydroxylation sites is 1. The molecule has 1 aliphatic heterocycles. The molecule has 0 aliphatic carbocycles. The van der Waals surface area contributed by atoms with Crippen molar-refractivity contribution in [3.8, 4) is 0 Å². The normalized spacial score (nSPS) is 18.7. The van der Waals surface area contributed by atoms with Crippen LogP contribution in [-0.4, -0.2) is 46.5 Å². The van der Waals surface area contributed by atoms with Crippen LogP contribution < -0.4 is 16.2 Å². The van der Waals surface area contributed by atoms with Gasteiger partial charge in [-0.15, -0.1) is 0 Å². The van der Waals surface area contributed by atoms with E-state index in [1.54, 1.807) is 13.0 Å². The van der Waals surface area contributed by atoms with Crippen LogP contribution in [0.2, 0.25) is 5.02 Å². The minimum atomic E-state index is -0.414. The lowest BCUT2D eigenvalue weighted by atomic mass is 10.1. The number of nitrogens with one attached hydrogen (secondary N) is 3. The van der Waals surface area contributed by atoms with Gasteiger partial charge in [0.05, 0.1) is 48.5 Å². The molecule has 0 saturated carbocycles. The molecule has 35 heavy (non-hydrogen) atoms. The molecule has 3 aromatic rings. The lowest BCUT2D eigenvalue weighted by Crippen LogP contribution is -2.52. The topological polar surface area (TPSA) is 97.4 Å². The highest BCUT2D eigenvalue weighted by molar-refractivity contribution is 6.31. The van der Waals surface area contributed by atoms with E-state index in [4.69, 9.17) is 21.1 Å². The monoisotopic (exact) mass is 500 g/mol. The first-order valence-corrected chi connectivity index (χ1v) is 12.2. The number of H-pyrrole nitrogens is 1. The molecule has 1 amide bonds. The molecule has 1 aliphatic rings. The van der Waals surface area contributed by atoms with Crippen molar-refractivity contribution in [2.45, 2.75) is 65.6 Å². The highest BCUT2D eigenvalue weighted by atomic mass is 35.5. The number of aryl methyl sites for hydroxylation is 1. The third kappa shape index (κ3) is 5.78. The number of rotatable bonds is 6. The fourth-order valence-electron chi connectivity index (χ4n) is 4.54. The van der Waals surface area contributed by atoms with Crippen LogP contribution in [0.1, 0.15) is 48.1 Å². The quantitative estimate of drug-likeness (QED) is 0.480. The number of hydrogen-bond donors (Lipinski definition) is 3. The number of halogens is 1. The molecule has 188 valence electrons. The van der Waals surface area contributed by atoms with Crippen molar-refractivity contribution in [2.24, 2.45) is 0 Å². The molecule has 9 heteroatoms. The molecule has 1 aromatic carbocycles. The van der Waals surface area contributed by atoms with Crippen LogP contribution in [0.25, 0.3) is 10.9 Å². The minimum Gasteiger partial charge on any atom is -0.349 e. The molecule has 3 heterocycles. The number of aromatic nitrogens is 2. The summed E-state index contributed by atoms with van der Waals surface area (Å²) in [6.07, 6.45) is -0.414. The number of carbonyl (C=O) groups excluding carboxylic acids is 1. The van der Waals surface area contributed by atoms with E-state index in [0.29, 0.717) is 41.6 Å². The molecule has 0 bridgehead atoms. The Morgan fingerprint density at radius 2 is 1.89 bits per heavy atom. The van der Waals surface area contributed by atoms with Gasteiger partial charge in [-0.1, -0.05) is 29.8 Å². The molecule has 3 N–H and O–H groups in total. The molecule has 1 saturated heterocycles. The summed E-state index contributed by atoms with van der Waals surface area (Å²) in [4.78, 5) is 28.3. The van der Waals surface area contributed by atoms with E-state index >= 15 is 0 Å². The maximum Gasteiger partial charge on any atom is 0.254 e. The van der Waals surface area contributed by atoms with Crippen molar-refractivity contribution in [3.05, 3.63) is 68.2 Å². The van der Waals surface area contributed by atoms with Crippen LogP contribution in [0.3, 0.4) is 0 Å². The number of pyridine rings is 1. The van der Waals surface area contributed by atoms with Crippen molar-refractivity contribution in [2.75, 3.05) is 13.2 Å². The van der Waals surface area contributed by atoms with E-state index in [1.165, 1.54) is 0 Å². The predicted molar refractivity (Wildman–Crippen MR) is 137 cm³/mol. The number of nitrogens with zero attached hydrogens (tertiary/aromatic N) is 1. The Morgan fingerprint density at radius 1 is 1.20 bits per heavy atom. The Hall–Kier alpha value is -2.65. The van der Waals surface area contributed by atoms with Gasteiger partial charge >= 0.3 is 0 Å². The fourth-order valence-corrected chi connectivity index (χ4v) is 4.86. The smallest absolute Gasteiger partial charge is 0.254 e. The van der Waals surface area contributed by atoms with Crippen LogP contribution in [-0.2, 0) is 22.6 Å². The fraction of sp³-hybridized carbons (Fsp3) is 0.462. The SMILES string of the molecule is Cc1cc(Cl)c(CNC(=O)c2c(C)n(CC3OCC(NC(C)(C)C)CO3)c3ccccc23)c(=O)[nH]1. The van der Waals surface area contributed by atoms with Gasteiger partial charge in [-0.2, -0.15) is 0 Å². The second-order valence-electron chi connectivity index (χ2n) is 10.1. The first-order chi connectivity index (χ1) is 16.5. The van der Waals surface area contributed by atoms with Gasteiger partial charge in [-0.25, -0.2) is 0 Å². The third-order valence-electron chi connectivity index (χ3n) is 6.04. The summed E-state index contributed by atoms with van der Waals surface area (Å²) in [5.41, 5.74) is 2.95. The van der Waals surface area contributed by atoms with Gasteiger partial charge in [0.1, 0.15) is 0 Å². The summed E-state index contributed by atoms with van der Waals surface area (Å²) in [7, 11) is 0. The number of fused-ring (bicyclic) bond motifs is 1. The standard InChI is InChI=1S/C26H33ClN4O4/c1-15-10-20(27)19(24(32)29-15)11-28-25(33)23-16(2)31(21-9-7-6-8-18(21)23)12-22-34-13-17(14-35-22)30-26(3,4)5/h6-10,17,22,30H,11-14H2,1-5H3,(H,28,33)(H,29,32). The molecule has 8 nitrogen and oxygen atoms in total. The molecule has 4 rings (SSSR count). The number of amides is 1. The lowest BCUT2D eigenvalue weighted by molar-refractivity contribution is -0.197. The molecule has 0 radical (unpaired) electrons. The maximum atomic E-state index is 13.3. The summed E-state index contributed by atoms with van der Waals surface area (Å²) < 4.78 is 14.0. The van der Waals surface area contributed by atoms with Gasteiger partial charge in [0.2, 0.25) is 0 Å². The summed E-state index contributed by atoms with van der Waals surface area (Å²) in [5.74, 6) is -0.270. The second-order valence-corrected chi connectivity index (χ2v) is 10.5. The van der Waals surface area contributed by atoms with E-state index in [0.717, 1.165) is 16.6 Å². The first kappa shape index (κ1) is 25.4. The highest BCUT2D eigenvalue weighted by Crippen LogP contribution is 2.27. The molecule has 2 aromatic heterocycles. The zero-order valence-corrected chi connectivity index (χ0v) is 21.6. The molecule has 0 atom stereocenters. The third-order valence-corrected chi connectivity index (χ3v) is 6.37. The van der Waals surface area contributed by atoms with Gasteiger partial charge in [0.15, 0.2) is 6.29 Å². The van der Waals surface area contributed by atoms with Crippen molar-refractivity contribution < 1.29 is 14.3 Å². The Labute approximate surface area is 210 Å². The minimum absolute atomic E-state index is 0.0204. The molecule has 0 spiro atoms. The van der Waals surface area contributed by atoms with E-state index in [1.807, 2.05) is 31.2 Å². The van der Waals surface area contributed by atoms with Gasteiger partial charge < -0.3 is 29.7 Å². The van der Waals surface area contributed by atoms with Crippen LogP contribution in [0.15, 0.2) is 35.1 Å². The summed E-state index contributed by atoms with van der Waals surface area (Å²) in [6.45, 7) is 11.6. The zero-order valence-electron chi connectivity index (χ0n) is 20.8. The molecular formula is C26H33ClN4O4. The van der Waals surface area contributed by atoms with Gasteiger partial charge in [-0.3, -0.25) is 9.59 Å². The first-order valence-electron chi connectivity index (χ1n) is 11.8. The molecule has 0 unspecified atom stereocenters. The molecular weight excluding hydrogens is 468 g/mol. The number of aromatic amines is 1. The Kier molecular flexibility index (Phi) is 7.38. The van der Waals surface area contributed by atoms with Crippen molar-refractivity contribution in [1.82, 2.24) is 20.2 Å². The van der Waals surface area contributed by atoms with Gasteiger partial charge in [-0.05, 0) is 46.8 Å². The summed E-state index contributed by atoms with van der Waals surface area (Å²) >= 11 is 6.24. The van der Waals surface area contributed by atoms with Crippen molar-refractivity contribution in [1.29, 1.82) is 0 Å². The van der Waals surface area contributed by atoms with E-state index in [2.05, 4.69) is 41.0 Å². The van der Waals surface area contributed by atoms with Crippen LogP contribution >= 0.6 is 11.6 Å². The van der Waals surface area contributed by atoms with E-state index < -0.39 is 6.29 Å². The highest BCUT2D eigenvalue weighted by Gasteiger charge is 2.28. The van der Waals surface area contributed by atoms with Crippen LogP contribution in [0.4, 0.5) is 0 Å². The van der Waals surface area contributed by atoms with Crippen molar-refractivity contribution >= 4 is 28.4 Å². The Bertz CT molecular complexity index is 1280. The van der Waals surface area contributed by atoms with E-state index in [9.17, 15) is 9.59 Å². The van der Waals surface area contributed by atoms with Crippen LogP contribution in [0.5, 0.6) is 0 Å². The van der Waals surface area contributed by atoms with Crippen molar-refractivity contribution in [3.63, 3.8) is 0 Å². The largest absolute Gasteiger partial charge is 0.349 e. The lowest BCUT2D eigenvalue weighted by Gasteiger charge is -2.34. The van der Waals surface area contributed by atoms with Gasteiger partial charge in [0, 0.05) is 27.8 Å². The predicted octanol–water partition coefficient (Wildman–Crippen LogP) is 3.66. The van der Waals surface area contributed by atoms with Crippen LogP contribution in [0, 0.1) is 13.8 Å². The average Bonchev–Trinajstić information content (AvgIpc) is 3.04.